The zero-order chi connectivity index (χ0) is 13.8. The Balaban J connectivity index is 2.38. The smallest absolute Gasteiger partial charge is 0.152 e. The molecule has 6 heteroatoms. The molecular weight excluding hydrogens is 306 g/mol. The van der Waals surface area contributed by atoms with E-state index in [0.717, 1.165) is 21.8 Å². The summed E-state index contributed by atoms with van der Waals surface area (Å²) in [7, 11) is 3.71. The topological polar surface area (TPSA) is 64.8 Å². The fourth-order valence-corrected chi connectivity index (χ4v) is 2.32. The highest BCUT2D eigenvalue weighted by Crippen LogP contribution is 2.32. The van der Waals surface area contributed by atoms with Crippen LogP contribution in [0.3, 0.4) is 0 Å². The molecule has 1 aromatic heterocycles. The molecule has 0 spiro atoms. The van der Waals surface area contributed by atoms with E-state index in [1.807, 2.05) is 24.1 Å². The number of halogens is 1. The molecule has 5 nitrogen and oxygen atoms in total. The SMILES string of the molecule is CNc1ncnc(N(C)c2ccc(C#N)cc2)c1Br. The summed E-state index contributed by atoms with van der Waals surface area (Å²) in [6.45, 7) is 0. The van der Waals surface area contributed by atoms with Crippen molar-refractivity contribution in [2.75, 3.05) is 24.3 Å². The van der Waals surface area contributed by atoms with Crippen molar-refractivity contribution in [3.63, 3.8) is 0 Å². The second-order valence-electron chi connectivity index (χ2n) is 3.83. The maximum absolute atomic E-state index is 8.80. The van der Waals surface area contributed by atoms with Crippen molar-refractivity contribution in [1.82, 2.24) is 9.97 Å². The molecule has 0 saturated carbocycles. The minimum atomic E-state index is 0.634. The molecular formula is C13H12BrN5. The molecule has 0 saturated heterocycles. The highest BCUT2D eigenvalue weighted by atomic mass is 79.9. The van der Waals surface area contributed by atoms with Gasteiger partial charge in [-0.2, -0.15) is 5.26 Å². The first kappa shape index (κ1) is 13.3. The van der Waals surface area contributed by atoms with Crippen molar-refractivity contribution in [3.05, 3.63) is 40.6 Å². The van der Waals surface area contributed by atoms with Gasteiger partial charge in [-0.05, 0) is 40.2 Å². The van der Waals surface area contributed by atoms with Gasteiger partial charge >= 0.3 is 0 Å². The van der Waals surface area contributed by atoms with Crippen LogP contribution >= 0.6 is 15.9 Å². The molecule has 1 heterocycles. The third kappa shape index (κ3) is 2.66. The first-order valence-corrected chi connectivity index (χ1v) is 6.38. The molecule has 0 aliphatic carbocycles. The van der Waals surface area contributed by atoms with E-state index < -0.39 is 0 Å². The van der Waals surface area contributed by atoms with Crippen LogP contribution in [0.5, 0.6) is 0 Å². The van der Waals surface area contributed by atoms with Gasteiger partial charge in [0.25, 0.3) is 0 Å². The lowest BCUT2D eigenvalue weighted by Crippen LogP contribution is -2.13. The van der Waals surface area contributed by atoms with Crippen molar-refractivity contribution in [2.24, 2.45) is 0 Å². The van der Waals surface area contributed by atoms with Gasteiger partial charge in [0.15, 0.2) is 5.82 Å². The molecule has 19 heavy (non-hydrogen) atoms. The van der Waals surface area contributed by atoms with Crippen molar-refractivity contribution in [2.45, 2.75) is 0 Å². The number of nitrogens with zero attached hydrogens (tertiary/aromatic N) is 4. The van der Waals surface area contributed by atoms with Crippen LogP contribution < -0.4 is 10.2 Å². The van der Waals surface area contributed by atoms with Crippen LogP contribution in [0.25, 0.3) is 0 Å². The third-order valence-corrected chi connectivity index (χ3v) is 3.44. The Bertz CT molecular complexity index is 618. The lowest BCUT2D eigenvalue weighted by molar-refractivity contribution is 1.06. The molecule has 0 atom stereocenters. The summed E-state index contributed by atoms with van der Waals surface area (Å²) in [5, 5.41) is 11.8. The standard InChI is InChI=1S/C13H12BrN5/c1-16-12-11(14)13(18-8-17-12)19(2)10-5-3-9(7-15)4-6-10/h3-6,8H,1-2H3,(H,16,17,18). The molecule has 0 aliphatic heterocycles. The van der Waals surface area contributed by atoms with Crippen LogP contribution in [0.1, 0.15) is 5.56 Å². The second-order valence-corrected chi connectivity index (χ2v) is 4.62. The average molecular weight is 318 g/mol. The highest BCUT2D eigenvalue weighted by Gasteiger charge is 2.13. The van der Waals surface area contributed by atoms with Crippen LogP contribution in [-0.4, -0.2) is 24.1 Å². The van der Waals surface area contributed by atoms with Gasteiger partial charge in [0.1, 0.15) is 16.6 Å². The van der Waals surface area contributed by atoms with Crippen LogP contribution in [0.15, 0.2) is 35.1 Å². The molecule has 0 fully saturated rings. The lowest BCUT2D eigenvalue weighted by atomic mass is 10.2. The second kappa shape index (κ2) is 5.67. The van der Waals surface area contributed by atoms with Gasteiger partial charge in [0, 0.05) is 19.8 Å². The molecule has 0 unspecified atom stereocenters. The van der Waals surface area contributed by atoms with E-state index in [4.69, 9.17) is 5.26 Å². The number of rotatable bonds is 3. The normalized spacial score (nSPS) is 9.79. The maximum Gasteiger partial charge on any atom is 0.152 e. The molecule has 2 aromatic rings. The number of anilines is 3. The maximum atomic E-state index is 8.80. The highest BCUT2D eigenvalue weighted by molar-refractivity contribution is 9.10. The fraction of sp³-hybridized carbons (Fsp3) is 0.154. The van der Waals surface area contributed by atoms with Gasteiger partial charge in [-0.1, -0.05) is 0 Å². The van der Waals surface area contributed by atoms with Crippen molar-refractivity contribution in [1.29, 1.82) is 5.26 Å². The molecule has 1 N–H and O–H groups in total. The molecule has 0 bridgehead atoms. The van der Waals surface area contributed by atoms with Gasteiger partial charge in [0.2, 0.25) is 0 Å². The summed E-state index contributed by atoms with van der Waals surface area (Å²) < 4.78 is 0.796. The van der Waals surface area contributed by atoms with Crippen LogP contribution in [0, 0.1) is 11.3 Å². The van der Waals surface area contributed by atoms with E-state index in [1.54, 1.807) is 19.2 Å². The van der Waals surface area contributed by atoms with Crippen molar-refractivity contribution < 1.29 is 0 Å². The number of nitrogens with one attached hydrogen (secondary N) is 1. The number of benzene rings is 1. The first-order chi connectivity index (χ1) is 9.17. The summed E-state index contributed by atoms with van der Waals surface area (Å²) in [6, 6.07) is 9.42. The Morgan fingerprint density at radius 1 is 1.26 bits per heavy atom. The molecule has 96 valence electrons. The molecule has 0 amide bonds. The largest absolute Gasteiger partial charge is 0.372 e. The van der Waals surface area contributed by atoms with Crippen LogP contribution in [0.4, 0.5) is 17.3 Å². The Hall–Kier alpha value is -2.13. The van der Waals surface area contributed by atoms with Gasteiger partial charge < -0.3 is 10.2 Å². The quantitative estimate of drug-likeness (QED) is 0.942. The first-order valence-electron chi connectivity index (χ1n) is 5.59. The van der Waals surface area contributed by atoms with Crippen LogP contribution in [0.2, 0.25) is 0 Å². The summed E-state index contributed by atoms with van der Waals surface area (Å²) in [4.78, 5) is 10.3. The van der Waals surface area contributed by atoms with Gasteiger partial charge in [0.05, 0.1) is 11.6 Å². The van der Waals surface area contributed by atoms with Gasteiger partial charge in [-0.3, -0.25) is 0 Å². The Labute approximate surface area is 120 Å². The monoisotopic (exact) mass is 317 g/mol. The van der Waals surface area contributed by atoms with Crippen molar-refractivity contribution >= 4 is 33.3 Å². The van der Waals surface area contributed by atoms with Crippen molar-refractivity contribution in [3.8, 4) is 6.07 Å². The minimum absolute atomic E-state index is 0.634. The zero-order valence-corrected chi connectivity index (χ0v) is 12.1. The van der Waals surface area contributed by atoms with E-state index in [1.165, 1.54) is 6.33 Å². The molecule has 2 rings (SSSR count). The number of hydrogen-bond acceptors (Lipinski definition) is 5. The number of aromatic nitrogens is 2. The van der Waals surface area contributed by atoms with E-state index in [9.17, 15) is 0 Å². The Morgan fingerprint density at radius 3 is 2.53 bits per heavy atom. The third-order valence-electron chi connectivity index (χ3n) is 2.71. The average Bonchev–Trinajstić information content (AvgIpc) is 2.47. The fourth-order valence-electron chi connectivity index (χ4n) is 1.65. The van der Waals surface area contributed by atoms with E-state index >= 15 is 0 Å². The zero-order valence-electron chi connectivity index (χ0n) is 10.6. The number of nitriles is 1. The Kier molecular flexibility index (Phi) is 3.97. The summed E-state index contributed by atoms with van der Waals surface area (Å²) >= 11 is 3.49. The predicted octanol–water partition coefficient (Wildman–Crippen LogP) is 2.92. The van der Waals surface area contributed by atoms with E-state index in [-0.39, 0.29) is 0 Å². The molecule has 0 radical (unpaired) electrons. The molecule has 1 aromatic carbocycles. The van der Waals surface area contributed by atoms with E-state index in [0.29, 0.717) is 5.56 Å². The summed E-state index contributed by atoms with van der Waals surface area (Å²) in [5.41, 5.74) is 1.58. The van der Waals surface area contributed by atoms with E-state index in [2.05, 4.69) is 37.3 Å². The summed E-state index contributed by atoms with van der Waals surface area (Å²) in [5.74, 6) is 1.48. The van der Waals surface area contributed by atoms with Gasteiger partial charge in [-0.25, -0.2) is 9.97 Å². The molecule has 0 aliphatic rings. The predicted molar refractivity (Wildman–Crippen MR) is 78.5 cm³/mol. The Morgan fingerprint density at radius 2 is 1.95 bits per heavy atom. The minimum Gasteiger partial charge on any atom is -0.372 e. The number of hydrogen-bond donors (Lipinski definition) is 1. The lowest BCUT2D eigenvalue weighted by Gasteiger charge is -2.20. The van der Waals surface area contributed by atoms with Crippen LogP contribution in [-0.2, 0) is 0 Å². The summed E-state index contributed by atoms with van der Waals surface area (Å²) in [6.07, 6.45) is 1.51. The van der Waals surface area contributed by atoms with Gasteiger partial charge in [-0.15, -0.1) is 0 Å².